The molecule has 9 aromatic rings. The van der Waals surface area contributed by atoms with Gasteiger partial charge < -0.3 is 0 Å². The van der Waals surface area contributed by atoms with Crippen molar-refractivity contribution >= 4 is 64.2 Å². The minimum Gasteiger partial charge on any atom is -0.278 e. The Kier molecular flexibility index (Phi) is 4.94. The van der Waals surface area contributed by atoms with E-state index in [1.165, 1.54) is 53.9 Å². The zero-order chi connectivity index (χ0) is 29.9. The molecule has 45 heavy (non-hydrogen) atoms. The second-order valence-electron chi connectivity index (χ2n) is 12.6. The molecule has 0 radical (unpaired) electrons. The molecule has 0 aliphatic heterocycles. The lowest BCUT2D eigenvalue weighted by atomic mass is 9.82. The van der Waals surface area contributed by atoms with E-state index in [0.717, 1.165) is 32.5 Å². The molecular weight excluding hydrogens is 567 g/mol. The van der Waals surface area contributed by atoms with Crippen molar-refractivity contribution in [2.45, 2.75) is 19.3 Å². The van der Waals surface area contributed by atoms with E-state index in [2.05, 4.69) is 146 Å². The molecule has 1 aliphatic carbocycles. The molecule has 212 valence electrons. The molecule has 0 atom stereocenters. The van der Waals surface area contributed by atoms with Crippen molar-refractivity contribution in [3.63, 3.8) is 0 Å². The number of nitrogens with zero attached hydrogens (tertiary/aromatic N) is 3. The fraction of sp³-hybridized carbons (Fsp3) is 0.0732. The second-order valence-corrected chi connectivity index (χ2v) is 13.7. The third kappa shape index (κ3) is 3.40. The number of hydrogen-bond acceptors (Lipinski definition) is 3. The van der Waals surface area contributed by atoms with E-state index >= 15 is 0 Å². The predicted molar refractivity (Wildman–Crippen MR) is 190 cm³/mol. The van der Waals surface area contributed by atoms with Crippen LogP contribution in [0.4, 0.5) is 0 Å². The molecule has 10 rings (SSSR count). The number of benzene rings is 6. The van der Waals surface area contributed by atoms with Crippen LogP contribution in [0.5, 0.6) is 0 Å². The van der Waals surface area contributed by atoms with Gasteiger partial charge in [0.25, 0.3) is 0 Å². The van der Waals surface area contributed by atoms with Gasteiger partial charge in [-0.1, -0.05) is 111 Å². The molecule has 0 unspecified atom stereocenters. The van der Waals surface area contributed by atoms with Crippen molar-refractivity contribution < 1.29 is 0 Å². The number of hydrogen-bond donors (Lipinski definition) is 0. The summed E-state index contributed by atoms with van der Waals surface area (Å²) >= 11 is 1.78. The van der Waals surface area contributed by atoms with Gasteiger partial charge in [0.1, 0.15) is 0 Å². The van der Waals surface area contributed by atoms with Gasteiger partial charge in [0.05, 0.1) is 26.9 Å². The van der Waals surface area contributed by atoms with Crippen LogP contribution in [0, 0.1) is 0 Å². The first-order valence-electron chi connectivity index (χ1n) is 15.4. The molecule has 4 heteroatoms. The molecule has 6 aromatic carbocycles. The summed E-state index contributed by atoms with van der Waals surface area (Å²) in [5.74, 6) is 0.698. The standard InChI is InChI=1S/C41H27N3S/c1-41(2)32-16-8-5-13-27(32)30-22-26(19-20-33(30)41)37-39-38(29-15-7-10-18-36(29)45-39)43-40(42-37)44-34-17-9-6-14-28(34)31-21-24-11-3-4-12-25(24)23-35(31)44/h3-23H,1-2H3. The van der Waals surface area contributed by atoms with Gasteiger partial charge in [-0.2, -0.15) is 0 Å². The van der Waals surface area contributed by atoms with Gasteiger partial charge in [0.15, 0.2) is 0 Å². The Balaban J connectivity index is 1.31. The topological polar surface area (TPSA) is 30.7 Å². The van der Waals surface area contributed by atoms with Crippen LogP contribution >= 0.6 is 11.3 Å². The van der Waals surface area contributed by atoms with Crippen molar-refractivity contribution in [2.75, 3.05) is 0 Å². The van der Waals surface area contributed by atoms with Crippen LogP contribution in [-0.2, 0) is 5.41 Å². The minimum atomic E-state index is -0.0417. The summed E-state index contributed by atoms with van der Waals surface area (Å²) in [6, 6.07) is 46.2. The van der Waals surface area contributed by atoms with Crippen molar-refractivity contribution in [1.29, 1.82) is 0 Å². The summed E-state index contributed by atoms with van der Waals surface area (Å²) in [6.07, 6.45) is 0. The molecule has 0 bridgehead atoms. The number of thiophene rings is 1. The van der Waals surface area contributed by atoms with Crippen LogP contribution in [-0.4, -0.2) is 14.5 Å². The zero-order valence-corrected chi connectivity index (χ0v) is 25.7. The lowest BCUT2D eigenvalue weighted by molar-refractivity contribution is 0.660. The molecule has 0 saturated heterocycles. The summed E-state index contributed by atoms with van der Waals surface area (Å²) in [5.41, 5.74) is 10.6. The second kappa shape index (κ2) is 8.87. The fourth-order valence-electron chi connectivity index (χ4n) is 7.61. The van der Waals surface area contributed by atoms with Crippen molar-refractivity contribution in [3.05, 3.63) is 139 Å². The van der Waals surface area contributed by atoms with Crippen molar-refractivity contribution in [2.24, 2.45) is 0 Å². The van der Waals surface area contributed by atoms with Crippen LogP contribution in [0.25, 0.3) is 81.2 Å². The Morgan fingerprint density at radius 3 is 2.18 bits per heavy atom. The maximum atomic E-state index is 5.47. The monoisotopic (exact) mass is 593 g/mol. The van der Waals surface area contributed by atoms with E-state index in [1.807, 2.05) is 0 Å². The quantitative estimate of drug-likeness (QED) is 0.200. The Bertz CT molecular complexity index is 2690. The first-order chi connectivity index (χ1) is 22.1. The summed E-state index contributed by atoms with van der Waals surface area (Å²) in [6.45, 7) is 4.66. The lowest BCUT2D eigenvalue weighted by Gasteiger charge is -2.21. The molecule has 0 spiro atoms. The van der Waals surface area contributed by atoms with Gasteiger partial charge in [-0.15, -0.1) is 11.3 Å². The maximum Gasteiger partial charge on any atom is 0.235 e. The van der Waals surface area contributed by atoms with Crippen LogP contribution in [0.1, 0.15) is 25.0 Å². The number of rotatable bonds is 2. The number of aromatic nitrogens is 3. The third-order valence-electron chi connectivity index (χ3n) is 9.80. The largest absolute Gasteiger partial charge is 0.278 e. The van der Waals surface area contributed by atoms with E-state index < -0.39 is 0 Å². The SMILES string of the molecule is CC1(C)c2ccccc2-c2cc(-c3nc(-n4c5ccccc5c5cc6ccccc6cc54)nc4c3sc3ccccc34)ccc21. The fourth-order valence-corrected chi connectivity index (χ4v) is 8.77. The molecule has 0 fully saturated rings. The normalized spacial score (nSPS) is 13.7. The Morgan fingerprint density at radius 2 is 1.29 bits per heavy atom. The van der Waals surface area contributed by atoms with Crippen LogP contribution in [0.2, 0.25) is 0 Å². The van der Waals surface area contributed by atoms with E-state index in [4.69, 9.17) is 9.97 Å². The summed E-state index contributed by atoms with van der Waals surface area (Å²) < 4.78 is 4.61. The van der Waals surface area contributed by atoms with E-state index in [0.29, 0.717) is 5.95 Å². The van der Waals surface area contributed by atoms with Gasteiger partial charge in [-0.05, 0) is 63.4 Å². The molecule has 3 nitrogen and oxygen atoms in total. The predicted octanol–water partition coefficient (Wildman–Crippen LogP) is 11.1. The minimum absolute atomic E-state index is 0.0417. The van der Waals surface area contributed by atoms with E-state index in [9.17, 15) is 0 Å². The molecule has 3 heterocycles. The van der Waals surface area contributed by atoms with Crippen LogP contribution in [0.15, 0.2) is 127 Å². The molecule has 0 amide bonds. The molecule has 1 aliphatic rings. The van der Waals surface area contributed by atoms with Crippen molar-refractivity contribution in [1.82, 2.24) is 14.5 Å². The van der Waals surface area contributed by atoms with Crippen LogP contribution in [0.3, 0.4) is 0 Å². The van der Waals surface area contributed by atoms with E-state index in [1.54, 1.807) is 11.3 Å². The summed E-state index contributed by atoms with van der Waals surface area (Å²) in [5, 5.41) is 6.02. The van der Waals surface area contributed by atoms with Crippen molar-refractivity contribution in [3.8, 4) is 28.3 Å². The van der Waals surface area contributed by atoms with Gasteiger partial charge in [-0.25, -0.2) is 9.97 Å². The molecule has 0 N–H and O–H groups in total. The molecular formula is C41H27N3S. The maximum absolute atomic E-state index is 5.47. The molecule has 3 aromatic heterocycles. The van der Waals surface area contributed by atoms with Gasteiger partial charge in [-0.3, -0.25) is 4.57 Å². The Hall–Kier alpha value is -5.32. The third-order valence-corrected chi connectivity index (χ3v) is 11.0. The van der Waals surface area contributed by atoms with Gasteiger partial charge in [0.2, 0.25) is 5.95 Å². The zero-order valence-electron chi connectivity index (χ0n) is 24.9. The highest BCUT2D eigenvalue weighted by Gasteiger charge is 2.35. The highest BCUT2D eigenvalue weighted by atomic mass is 32.1. The first kappa shape index (κ1) is 25.1. The highest BCUT2D eigenvalue weighted by Crippen LogP contribution is 2.50. The average Bonchev–Trinajstić information content (AvgIpc) is 3.69. The number of fused-ring (bicyclic) bond motifs is 10. The van der Waals surface area contributed by atoms with E-state index in [-0.39, 0.29) is 5.41 Å². The first-order valence-corrected chi connectivity index (χ1v) is 16.2. The van der Waals surface area contributed by atoms with Crippen LogP contribution < -0.4 is 0 Å². The number of para-hydroxylation sites is 1. The molecule has 0 saturated carbocycles. The smallest absolute Gasteiger partial charge is 0.235 e. The lowest BCUT2D eigenvalue weighted by Crippen LogP contribution is -2.14. The average molecular weight is 594 g/mol. The Morgan fingerprint density at radius 1 is 0.578 bits per heavy atom. The summed E-state index contributed by atoms with van der Waals surface area (Å²) in [4.78, 5) is 10.8. The Labute approximate surface area is 264 Å². The highest BCUT2D eigenvalue weighted by molar-refractivity contribution is 7.26. The van der Waals surface area contributed by atoms with Gasteiger partial charge in [0, 0.05) is 31.8 Å². The van der Waals surface area contributed by atoms with Gasteiger partial charge >= 0.3 is 0 Å². The summed E-state index contributed by atoms with van der Waals surface area (Å²) in [7, 11) is 0.